The van der Waals surface area contributed by atoms with Gasteiger partial charge in [0.1, 0.15) is 0 Å². The number of amides is 1. The number of hydrogen-bond donors (Lipinski definition) is 1. The van der Waals surface area contributed by atoms with E-state index in [2.05, 4.69) is 29.2 Å². The molecule has 1 aliphatic heterocycles. The molecule has 0 aliphatic carbocycles. The van der Waals surface area contributed by atoms with Gasteiger partial charge in [0.25, 0.3) is 10.0 Å². The molecule has 4 aromatic carbocycles. The van der Waals surface area contributed by atoms with Crippen LogP contribution >= 0.6 is 0 Å². The Morgan fingerprint density at radius 2 is 1.28 bits per heavy atom. The molecule has 1 unspecified atom stereocenters. The van der Waals surface area contributed by atoms with E-state index < -0.39 is 16.1 Å². The van der Waals surface area contributed by atoms with Crippen LogP contribution < -0.4 is 4.31 Å². The zero-order chi connectivity index (χ0) is 30.1. The summed E-state index contributed by atoms with van der Waals surface area (Å²) in [6.45, 7) is 2.67. The van der Waals surface area contributed by atoms with Crippen LogP contribution in [0.25, 0.3) is 0 Å². The number of likely N-dealkylation sites (tertiary alicyclic amines) is 1. The Morgan fingerprint density at radius 3 is 1.81 bits per heavy atom. The quantitative estimate of drug-likeness (QED) is 0.193. The second-order valence-electron chi connectivity index (χ2n) is 11.1. The molecule has 0 spiro atoms. The molecule has 1 N–H and O–H groups in total. The first-order valence-electron chi connectivity index (χ1n) is 14.9. The highest BCUT2D eigenvalue weighted by atomic mass is 32.2. The van der Waals surface area contributed by atoms with Crippen molar-refractivity contribution in [3.8, 4) is 0 Å². The highest BCUT2D eigenvalue weighted by Crippen LogP contribution is 2.33. The van der Waals surface area contributed by atoms with Gasteiger partial charge in [0, 0.05) is 31.7 Å². The summed E-state index contributed by atoms with van der Waals surface area (Å²) in [6, 6.07) is 37.7. The summed E-state index contributed by atoms with van der Waals surface area (Å²) < 4.78 is 29.5. The van der Waals surface area contributed by atoms with Crippen molar-refractivity contribution in [1.82, 2.24) is 9.80 Å². The molecule has 1 fully saturated rings. The number of anilines is 1. The number of carboxylic acid groups (broad SMARTS) is 1. The van der Waals surface area contributed by atoms with Crippen molar-refractivity contribution in [2.24, 2.45) is 0 Å². The van der Waals surface area contributed by atoms with Crippen LogP contribution in [-0.2, 0) is 23.1 Å². The summed E-state index contributed by atoms with van der Waals surface area (Å²) in [6.07, 6.45) is 1.35. The number of benzene rings is 4. The van der Waals surface area contributed by atoms with Crippen LogP contribution in [0, 0.1) is 0 Å². The van der Waals surface area contributed by atoms with Gasteiger partial charge in [-0.15, -0.1) is 0 Å². The second kappa shape index (κ2) is 14.4. The third-order valence-corrected chi connectivity index (χ3v) is 9.98. The number of carbonyl (C=O) groups is 1. The number of sulfonamides is 1. The second-order valence-corrected chi connectivity index (χ2v) is 12.9. The van der Waals surface area contributed by atoms with Crippen LogP contribution in [0.3, 0.4) is 0 Å². The molecular formula is C35H39N3O4S. The lowest BCUT2D eigenvalue weighted by atomic mass is 9.93. The highest BCUT2D eigenvalue weighted by Gasteiger charge is 2.39. The lowest BCUT2D eigenvalue weighted by Gasteiger charge is -2.42. The lowest BCUT2D eigenvalue weighted by Crippen LogP contribution is -2.53. The molecule has 0 saturated carbocycles. The molecule has 2 atom stereocenters. The molecule has 8 heteroatoms. The molecule has 1 heterocycles. The maximum Gasteiger partial charge on any atom is 0.407 e. The standard InChI is InChI=1S/C35H39N3O4S/c39-35(40)37-25-23-33(38(31-18-9-3-10-19-31)43(41,42)34-21-11-4-12-22-34)26-32(37)20-13-24-36(27-29-14-5-1-6-15-29)28-30-16-7-2-8-17-30/h1-12,14-19,21-22,32-33H,13,20,23-28H2,(H,39,40)/t32?,33-/m0/s1. The smallest absolute Gasteiger partial charge is 0.407 e. The fraction of sp³-hybridized carbons (Fsp3) is 0.286. The Labute approximate surface area is 255 Å². The monoisotopic (exact) mass is 597 g/mol. The number of nitrogens with zero attached hydrogens (tertiary/aromatic N) is 3. The Balaban J connectivity index is 1.34. The van der Waals surface area contributed by atoms with E-state index in [1.165, 1.54) is 20.3 Å². The van der Waals surface area contributed by atoms with Crippen LogP contribution in [0.4, 0.5) is 10.5 Å². The molecule has 5 rings (SSSR count). The molecule has 7 nitrogen and oxygen atoms in total. The molecule has 0 radical (unpaired) electrons. The molecule has 224 valence electrons. The molecule has 1 saturated heterocycles. The van der Waals surface area contributed by atoms with Crippen molar-refractivity contribution in [3.05, 3.63) is 132 Å². The number of piperidine rings is 1. The molecule has 1 amide bonds. The van der Waals surface area contributed by atoms with E-state index in [0.29, 0.717) is 24.9 Å². The number of rotatable bonds is 12. The molecule has 1 aliphatic rings. The maximum absolute atomic E-state index is 14.0. The Morgan fingerprint density at radius 1 is 0.767 bits per heavy atom. The van der Waals surface area contributed by atoms with Crippen molar-refractivity contribution >= 4 is 21.8 Å². The number of para-hydroxylation sites is 1. The minimum Gasteiger partial charge on any atom is -0.465 e. The topological polar surface area (TPSA) is 81.2 Å². The van der Waals surface area contributed by atoms with Crippen LogP contribution in [0.5, 0.6) is 0 Å². The van der Waals surface area contributed by atoms with Gasteiger partial charge in [0.05, 0.1) is 10.6 Å². The Hall–Kier alpha value is -4.14. The van der Waals surface area contributed by atoms with Gasteiger partial charge in [0.15, 0.2) is 0 Å². The molecule has 4 aromatic rings. The third kappa shape index (κ3) is 7.83. The first-order chi connectivity index (χ1) is 20.9. The van der Waals surface area contributed by atoms with Gasteiger partial charge in [0.2, 0.25) is 0 Å². The van der Waals surface area contributed by atoms with E-state index >= 15 is 0 Å². The minimum atomic E-state index is -3.86. The lowest BCUT2D eigenvalue weighted by molar-refractivity contribution is 0.0957. The van der Waals surface area contributed by atoms with Crippen molar-refractivity contribution < 1.29 is 18.3 Å². The minimum absolute atomic E-state index is 0.230. The fourth-order valence-corrected chi connectivity index (χ4v) is 7.75. The number of hydrogen-bond acceptors (Lipinski definition) is 4. The largest absolute Gasteiger partial charge is 0.465 e. The predicted octanol–water partition coefficient (Wildman–Crippen LogP) is 6.88. The van der Waals surface area contributed by atoms with Crippen LogP contribution in [-0.4, -0.2) is 54.6 Å². The van der Waals surface area contributed by atoms with E-state index in [9.17, 15) is 18.3 Å². The van der Waals surface area contributed by atoms with Gasteiger partial charge in [-0.05, 0) is 67.6 Å². The average molecular weight is 598 g/mol. The van der Waals surface area contributed by atoms with Crippen molar-refractivity contribution in [2.75, 3.05) is 17.4 Å². The maximum atomic E-state index is 14.0. The van der Waals surface area contributed by atoms with E-state index in [1.54, 1.807) is 30.3 Å². The Bertz CT molecular complexity index is 1500. The van der Waals surface area contributed by atoms with E-state index in [1.807, 2.05) is 66.7 Å². The molecular weight excluding hydrogens is 558 g/mol. The van der Waals surface area contributed by atoms with E-state index in [0.717, 1.165) is 26.1 Å². The zero-order valence-electron chi connectivity index (χ0n) is 24.3. The zero-order valence-corrected chi connectivity index (χ0v) is 25.1. The summed E-state index contributed by atoms with van der Waals surface area (Å²) in [5.74, 6) is 0. The average Bonchev–Trinajstić information content (AvgIpc) is 3.03. The van der Waals surface area contributed by atoms with Crippen molar-refractivity contribution in [3.63, 3.8) is 0 Å². The molecule has 0 aromatic heterocycles. The SMILES string of the molecule is O=C(O)N1CC[C@H](N(c2ccccc2)S(=O)(=O)c2ccccc2)CC1CCCN(Cc1ccccc1)Cc1ccccc1. The van der Waals surface area contributed by atoms with Crippen molar-refractivity contribution in [1.29, 1.82) is 0 Å². The van der Waals surface area contributed by atoms with Gasteiger partial charge >= 0.3 is 6.09 Å². The summed E-state index contributed by atoms with van der Waals surface area (Å²) >= 11 is 0. The third-order valence-electron chi connectivity index (χ3n) is 8.09. The summed E-state index contributed by atoms with van der Waals surface area (Å²) in [7, 11) is -3.86. The summed E-state index contributed by atoms with van der Waals surface area (Å²) in [5, 5.41) is 10.1. The van der Waals surface area contributed by atoms with E-state index in [-0.39, 0.29) is 23.5 Å². The van der Waals surface area contributed by atoms with Gasteiger partial charge in [-0.1, -0.05) is 97.1 Å². The summed E-state index contributed by atoms with van der Waals surface area (Å²) in [5.41, 5.74) is 3.05. The van der Waals surface area contributed by atoms with Gasteiger partial charge < -0.3 is 10.0 Å². The van der Waals surface area contributed by atoms with E-state index in [4.69, 9.17) is 0 Å². The van der Waals surface area contributed by atoms with Crippen LogP contribution in [0.1, 0.15) is 36.8 Å². The summed E-state index contributed by atoms with van der Waals surface area (Å²) in [4.78, 5) is 16.4. The Kier molecular flexibility index (Phi) is 10.1. The first-order valence-corrected chi connectivity index (χ1v) is 16.3. The normalized spacial score (nSPS) is 17.1. The van der Waals surface area contributed by atoms with Gasteiger partial charge in [-0.2, -0.15) is 0 Å². The fourth-order valence-electron chi connectivity index (χ4n) is 6.04. The predicted molar refractivity (Wildman–Crippen MR) is 170 cm³/mol. The molecule has 43 heavy (non-hydrogen) atoms. The van der Waals surface area contributed by atoms with Crippen LogP contribution in [0.15, 0.2) is 126 Å². The highest BCUT2D eigenvalue weighted by molar-refractivity contribution is 7.92. The molecule has 0 bridgehead atoms. The van der Waals surface area contributed by atoms with Crippen molar-refractivity contribution in [2.45, 2.75) is 55.8 Å². The van der Waals surface area contributed by atoms with Crippen LogP contribution in [0.2, 0.25) is 0 Å². The first kappa shape index (κ1) is 30.3. The van der Waals surface area contributed by atoms with Gasteiger partial charge in [-0.25, -0.2) is 13.2 Å². The van der Waals surface area contributed by atoms with Gasteiger partial charge in [-0.3, -0.25) is 9.21 Å².